The van der Waals surface area contributed by atoms with Crippen molar-refractivity contribution in [1.82, 2.24) is 5.32 Å². The van der Waals surface area contributed by atoms with Gasteiger partial charge in [-0.3, -0.25) is 0 Å². The van der Waals surface area contributed by atoms with Crippen molar-refractivity contribution in [3.8, 4) is 0 Å². The second-order valence-corrected chi connectivity index (χ2v) is 9.68. The molecule has 1 amide bonds. The largest absolute Gasteiger partial charge is 0.444 e. The summed E-state index contributed by atoms with van der Waals surface area (Å²) in [4.78, 5) is 12.8. The Bertz CT molecular complexity index is 807. The lowest BCUT2D eigenvalue weighted by Crippen LogP contribution is -2.33. The number of benzene rings is 2. The van der Waals surface area contributed by atoms with Crippen molar-refractivity contribution in [1.29, 1.82) is 0 Å². The Balaban J connectivity index is 1.96. The molecule has 0 atom stereocenters. The molecule has 4 nitrogen and oxygen atoms in total. The van der Waals surface area contributed by atoms with Gasteiger partial charge >= 0.3 is 6.09 Å². The summed E-state index contributed by atoms with van der Waals surface area (Å²) in [6.07, 6.45) is 1.34. The Labute approximate surface area is 188 Å². The number of rotatable bonds is 8. The maximum absolute atomic E-state index is 11.8. The topological polar surface area (TPSA) is 41.6 Å². The summed E-state index contributed by atoms with van der Waals surface area (Å²) in [7, 11) is 0. The van der Waals surface area contributed by atoms with Gasteiger partial charge in [0.15, 0.2) is 0 Å². The lowest BCUT2D eigenvalue weighted by Gasteiger charge is -2.25. The van der Waals surface area contributed by atoms with E-state index in [0.717, 1.165) is 35.5 Å². The zero-order valence-electron chi connectivity index (χ0n) is 17.3. The van der Waals surface area contributed by atoms with Crippen LogP contribution in [-0.2, 0) is 4.74 Å². The number of hydrogen-bond acceptors (Lipinski definition) is 4. The number of ether oxygens (including phenoxy) is 1. The first-order chi connectivity index (χ1) is 13.6. The van der Waals surface area contributed by atoms with Gasteiger partial charge in [-0.2, -0.15) is 0 Å². The molecule has 0 aliphatic rings. The van der Waals surface area contributed by atoms with E-state index in [1.807, 2.05) is 57.2 Å². The molecular formula is C22H28Cl2N2O2S. The van der Waals surface area contributed by atoms with Crippen LogP contribution in [0.15, 0.2) is 47.4 Å². The fourth-order valence-corrected chi connectivity index (χ4v) is 3.91. The average Bonchev–Trinajstić information content (AvgIpc) is 2.63. The van der Waals surface area contributed by atoms with E-state index < -0.39 is 5.60 Å². The maximum atomic E-state index is 11.8. The molecule has 7 heteroatoms. The van der Waals surface area contributed by atoms with Gasteiger partial charge in [0.25, 0.3) is 0 Å². The van der Waals surface area contributed by atoms with Crippen molar-refractivity contribution in [3.05, 3.63) is 58.1 Å². The highest BCUT2D eigenvalue weighted by atomic mass is 35.5. The third kappa shape index (κ3) is 8.77. The SMILES string of the molecule is Cc1ccc(Cl)c(N(CCCCNC(=O)OC(C)(C)C)Sc2ccc(Cl)cc2)c1. The minimum absolute atomic E-state index is 0.383. The van der Waals surface area contributed by atoms with E-state index in [2.05, 4.69) is 22.6 Å². The van der Waals surface area contributed by atoms with Gasteiger partial charge in [-0.1, -0.05) is 29.3 Å². The summed E-state index contributed by atoms with van der Waals surface area (Å²) in [6.45, 7) is 8.95. The molecule has 2 aromatic carbocycles. The molecule has 0 fully saturated rings. The fraction of sp³-hybridized carbons (Fsp3) is 0.409. The van der Waals surface area contributed by atoms with Crippen LogP contribution in [0.2, 0.25) is 10.0 Å². The van der Waals surface area contributed by atoms with Crippen LogP contribution in [0.25, 0.3) is 0 Å². The van der Waals surface area contributed by atoms with Gasteiger partial charge in [0.05, 0.1) is 10.7 Å². The van der Waals surface area contributed by atoms with E-state index >= 15 is 0 Å². The number of amides is 1. The zero-order chi connectivity index (χ0) is 21.4. The van der Waals surface area contributed by atoms with Crippen molar-refractivity contribution >= 4 is 46.9 Å². The number of halogens is 2. The first-order valence-electron chi connectivity index (χ1n) is 9.58. The van der Waals surface area contributed by atoms with Crippen molar-refractivity contribution in [2.45, 2.75) is 51.0 Å². The van der Waals surface area contributed by atoms with Crippen LogP contribution in [0.5, 0.6) is 0 Å². The maximum Gasteiger partial charge on any atom is 0.407 e. The molecule has 0 saturated heterocycles. The number of nitrogens with one attached hydrogen (secondary N) is 1. The van der Waals surface area contributed by atoms with E-state index in [4.69, 9.17) is 27.9 Å². The molecule has 0 heterocycles. The normalized spacial score (nSPS) is 11.2. The number of nitrogens with zero attached hydrogens (tertiary/aromatic N) is 1. The molecule has 29 heavy (non-hydrogen) atoms. The van der Waals surface area contributed by atoms with Crippen LogP contribution in [0.1, 0.15) is 39.2 Å². The number of alkyl carbamates (subject to hydrolysis) is 1. The second kappa shape index (κ2) is 11.0. The second-order valence-electron chi connectivity index (χ2n) is 7.74. The van der Waals surface area contributed by atoms with E-state index in [0.29, 0.717) is 16.6 Å². The van der Waals surface area contributed by atoms with Gasteiger partial charge in [0.2, 0.25) is 0 Å². The van der Waals surface area contributed by atoms with Gasteiger partial charge in [-0.15, -0.1) is 0 Å². The lowest BCUT2D eigenvalue weighted by atomic mass is 10.2. The number of carbonyl (C=O) groups is 1. The predicted octanol–water partition coefficient (Wildman–Crippen LogP) is 7.12. The summed E-state index contributed by atoms with van der Waals surface area (Å²) in [6, 6.07) is 13.8. The van der Waals surface area contributed by atoms with Crippen molar-refractivity contribution in [2.75, 3.05) is 17.4 Å². The zero-order valence-corrected chi connectivity index (χ0v) is 19.6. The molecule has 1 N–H and O–H groups in total. The Morgan fingerprint density at radius 2 is 1.79 bits per heavy atom. The van der Waals surface area contributed by atoms with E-state index in [1.54, 1.807) is 11.9 Å². The standard InChI is InChI=1S/C22H28Cl2N2O2S/c1-16-7-12-19(24)20(15-16)26(29-18-10-8-17(23)9-11-18)14-6-5-13-25-21(27)28-22(2,3)4/h7-12,15H,5-6,13-14H2,1-4H3,(H,25,27). The number of carbonyl (C=O) groups excluding carboxylic acids is 1. The number of anilines is 1. The molecule has 0 aromatic heterocycles. The smallest absolute Gasteiger partial charge is 0.407 e. The Kier molecular flexibility index (Phi) is 9.00. The predicted molar refractivity (Wildman–Crippen MR) is 124 cm³/mol. The lowest BCUT2D eigenvalue weighted by molar-refractivity contribution is 0.0527. The minimum atomic E-state index is -0.488. The highest BCUT2D eigenvalue weighted by Crippen LogP contribution is 2.35. The molecule has 0 bridgehead atoms. The third-order valence-corrected chi connectivity index (χ3v) is 5.51. The van der Waals surface area contributed by atoms with Gasteiger partial charge < -0.3 is 14.4 Å². The monoisotopic (exact) mass is 454 g/mol. The first kappa shape index (κ1) is 23.7. The number of hydrogen-bond donors (Lipinski definition) is 1. The van der Waals surface area contributed by atoms with Gasteiger partial charge in [-0.25, -0.2) is 4.79 Å². The molecule has 2 aromatic rings. The molecule has 0 unspecified atom stereocenters. The summed E-state index contributed by atoms with van der Waals surface area (Å²) >= 11 is 14.1. The molecule has 158 valence electrons. The highest BCUT2D eigenvalue weighted by molar-refractivity contribution is 8.00. The van der Waals surface area contributed by atoms with Gasteiger partial charge in [-0.05, 0) is 94.4 Å². The Morgan fingerprint density at radius 3 is 2.45 bits per heavy atom. The van der Waals surface area contributed by atoms with E-state index in [-0.39, 0.29) is 6.09 Å². The van der Waals surface area contributed by atoms with Crippen molar-refractivity contribution in [2.24, 2.45) is 0 Å². The van der Waals surface area contributed by atoms with Crippen LogP contribution in [0.4, 0.5) is 10.5 Å². The average molecular weight is 455 g/mol. The molecule has 0 radical (unpaired) electrons. The molecule has 0 aliphatic carbocycles. The summed E-state index contributed by atoms with van der Waals surface area (Å²) in [5.41, 5.74) is 1.64. The van der Waals surface area contributed by atoms with Crippen molar-refractivity contribution in [3.63, 3.8) is 0 Å². The number of unbranched alkanes of at least 4 members (excludes halogenated alkanes) is 1. The third-order valence-electron chi connectivity index (χ3n) is 3.86. The molecule has 2 rings (SSSR count). The molecule has 0 spiro atoms. The molecular weight excluding hydrogens is 427 g/mol. The molecule has 0 saturated carbocycles. The van der Waals surface area contributed by atoms with Crippen LogP contribution in [-0.4, -0.2) is 24.8 Å². The minimum Gasteiger partial charge on any atom is -0.444 e. The summed E-state index contributed by atoms with van der Waals surface area (Å²) in [5.74, 6) is 0. The Morgan fingerprint density at radius 1 is 1.10 bits per heavy atom. The summed E-state index contributed by atoms with van der Waals surface area (Å²) in [5, 5.41) is 4.22. The van der Waals surface area contributed by atoms with Gasteiger partial charge in [0, 0.05) is 23.0 Å². The van der Waals surface area contributed by atoms with Crippen LogP contribution < -0.4 is 9.62 Å². The Hall–Kier alpha value is -1.56. The number of aryl methyl sites for hydroxylation is 1. The quantitative estimate of drug-likeness (QED) is 0.340. The van der Waals surface area contributed by atoms with Crippen molar-refractivity contribution < 1.29 is 9.53 Å². The summed E-state index contributed by atoms with van der Waals surface area (Å²) < 4.78 is 7.45. The highest BCUT2D eigenvalue weighted by Gasteiger charge is 2.16. The fourth-order valence-electron chi connectivity index (χ4n) is 2.54. The van der Waals surface area contributed by atoms with E-state index in [9.17, 15) is 4.79 Å². The van der Waals surface area contributed by atoms with Crippen LogP contribution >= 0.6 is 35.1 Å². The van der Waals surface area contributed by atoms with E-state index in [1.165, 1.54) is 0 Å². The van der Waals surface area contributed by atoms with Crippen LogP contribution in [0.3, 0.4) is 0 Å². The van der Waals surface area contributed by atoms with Gasteiger partial charge in [0.1, 0.15) is 5.60 Å². The first-order valence-corrected chi connectivity index (χ1v) is 11.1. The molecule has 0 aliphatic heterocycles. The van der Waals surface area contributed by atoms with Crippen LogP contribution in [0, 0.1) is 6.92 Å².